The second-order valence-electron chi connectivity index (χ2n) is 4.58. The number of anilines is 1. The number of hydrogen-bond acceptors (Lipinski definition) is 3. The Kier molecular flexibility index (Phi) is 3.28. The molecule has 0 atom stereocenters. The number of rotatable bonds is 2. The molecule has 0 aliphatic carbocycles. The van der Waals surface area contributed by atoms with Gasteiger partial charge in [0.1, 0.15) is 5.69 Å². The number of hydrogen-bond donors (Lipinski definition) is 1. The summed E-state index contributed by atoms with van der Waals surface area (Å²) in [5.41, 5.74) is 9.93. The normalized spacial score (nSPS) is 10.7. The van der Waals surface area contributed by atoms with E-state index in [9.17, 15) is 0 Å². The molecule has 0 aliphatic rings. The molecule has 5 heteroatoms. The Morgan fingerprint density at radius 3 is 2.30 bits per heavy atom. The maximum atomic E-state index is 6.17. The van der Waals surface area contributed by atoms with E-state index in [0.29, 0.717) is 11.5 Å². The van der Waals surface area contributed by atoms with Crippen LogP contribution in [0.1, 0.15) is 5.56 Å². The number of halogens is 1. The highest BCUT2D eigenvalue weighted by Gasteiger charge is 2.12. The molecular formula is C15H13BrN4. The lowest BCUT2D eigenvalue weighted by molar-refractivity contribution is 0.810. The van der Waals surface area contributed by atoms with Crippen LogP contribution in [0.4, 0.5) is 5.82 Å². The van der Waals surface area contributed by atoms with Gasteiger partial charge in [0, 0.05) is 10.0 Å². The second kappa shape index (κ2) is 5.09. The summed E-state index contributed by atoms with van der Waals surface area (Å²) in [6.45, 7) is 2.05. The van der Waals surface area contributed by atoms with Gasteiger partial charge in [-0.25, -0.2) is 0 Å². The van der Waals surface area contributed by atoms with Gasteiger partial charge in [-0.05, 0) is 31.2 Å². The third-order valence-corrected chi connectivity index (χ3v) is 3.63. The first-order valence-electron chi connectivity index (χ1n) is 6.19. The SMILES string of the molecule is Cc1ccc(-c2nnn(-c3ccc(Br)cc3)c2N)cc1. The fraction of sp³-hybridized carbons (Fsp3) is 0.0667. The zero-order valence-electron chi connectivity index (χ0n) is 10.9. The molecule has 0 bridgehead atoms. The molecule has 0 saturated carbocycles. The largest absolute Gasteiger partial charge is 0.382 e. The van der Waals surface area contributed by atoms with E-state index in [0.717, 1.165) is 15.7 Å². The molecule has 2 aromatic carbocycles. The lowest BCUT2D eigenvalue weighted by Gasteiger charge is -2.04. The predicted molar refractivity (Wildman–Crippen MR) is 83.6 cm³/mol. The van der Waals surface area contributed by atoms with E-state index in [4.69, 9.17) is 5.73 Å². The molecule has 4 nitrogen and oxygen atoms in total. The number of nitrogen functional groups attached to an aromatic ring is 1. The third kappa shape index (κ3) is 2.32. The summed E-state index contributed by atoms with van der Waals surface area (Å²) >= 11 is 3.41. The van der Waals surface area contributed by atoms with Crippen LogP contribution in [0.2, 0.25) is 0 Å². The molecule has 1 aromatic heterocycles. The summed E-state index contributed by atoms with van der Waals surface area (Å²) in [7, 11) is 0. The Balaban J connectivity index is 2.04. The van der Waals surface area contributed by atoms with Gasteiger partial charge in [-0.1, -0.05) is 51.0 Å². The third-order valence-electron chi connectivity index (χ3n) is 3.10. The Bertz CT molecular complexity index is 667. The first kappa shape index (κ1) is 12.9. The molecule has 100 valence electrons. The Morgan fingerprint density at radius 1 is 1.00 bits per heavy atom. The van der Waals surface area contributed by atoms with Crippen molar-refractivity contribution in [3.63, 3.8) is 0 Å². The van der Waals surface area contributed by atoms with Crippen LogP contribution in [0.5, 0.6) is 0 Å². The molecule has 0 aliphatic heterocycles. The smallest absolute Gasteiger partial charge is 0.155 e. The zero-order valence-corrected chi connectivity index (χ0v) is 12.5. The van der Waals surface area contributed by atoms with Crippen molar-refractivity contribution in [3.8, 4) is 16.9 Å². The van der Waals surface area contributed by atoms with Crippen molar-refractivity contribution in [1.29, 1.82) is 0 Å². The van der Waals surface area contributed by atoms with Gasteiger partial charge in [-0.2, -0.15) is 4.68 Å². The van der Waals surface area contributed by atoms with Crippen molar-refractivity contribution in [2.24, 2.45) is 0 Å². The van der Waals surface area contributed by atoms with E-state index in [1.165, 1.54) is 5.56 Å². The fourth-order valence-electron chi connectivity index (χ4n) is 1.98. The van der Waals surface area contributed by atoms with Gasteiger partial charge in [0.25, 0.3) is 0 Å². The molecule has 0 spiro atoms. The molecule has 0 amide bonds. The summed E-state index contributed by atoms with van der Waals surface area (Å²) in [6.07, 6.45) is 0. The highest BCUT2D eigenvalue weighted by Crippen LogP contribution is 2.25. The van der Waals surface area contributed by atoms with Crippen LogP contribution >= 0.6 is 15.9 Å². The van der Waals surface area contributed by atoms with Crippen LogP contribution in [-0.4, -0.2) is 15.0 Å². The van der Waals surface area contributed by atoms with Gasteiger partial charge >= 0.3 is 0 Å². The number of benzene rings is 2. The Labute approximate surface area is 125 Å². The van der Waals surface area contributed by atoms with Crippen LogP contribution < -0.4 is 5.73 Å². The highest BCUT2D eigenvalue weighted by atomic mass is 79.9. The fourth-order valence-corrected chi connectivity index (χ4v) is 2.24. The quantitative estimate of drug-likeness (QED) is 0.782. The van der Waals surface area contributed by atoms with E-state index >= 15 is 0 Å². The van der Waals surface area contributed by atoms with Crippen LogP contribution in [0.15, 0.2) is 53.0 Å². The van der Waals surface area contributed by atoms with Crippen molar-refractivity contribution in [2.45, 2.75) is 6.92 Å². The van der Waals surface area contributed by atoms with E-state index in [1.54, 1.807) is 4.68 Å². The van der Waals surface area contributed by atoms with Crippen molar-refractivity contribution >= 4 is 21.7 Å². The van der Waals surface area contributed by atoms with E-state index < -0.39 is 0 Å². The molecule has 1 heterocycles. The second-order valence-corrected chi connectivity index (χ2v) is 5.49. The van der Waals surface area contributed by atoms with Crippen LogP contribution in [0, 0.1) is 6.92 Å². The minimum Gasteiger partial charge on any atom is -0.382 e. The molecule has 3 rings (SSSR count). The Hall–Kier alpha value is -2.14. The van der Waals surface area contributed by atoms with Crippen molar-refractivity contribution < 1.29 is 0 Å². The Morgan fingerprint density at radius 2 is 1.65 bits per heavy atom. The van der Waals surface area contributed by atoms with Crippen molar-refractivity contribution in [2.75, 3.05) is 5.73 Å². The minimum absolute atomic E-state index is 0.538. The van der Waals surface area contributed by atoms with Crippen molar-refractivity contribution in [1.82, 2.24) is 15.0 Å². The van der Waals surface area contributed by atoms with Gasteiger partial charge in [0.2, 0.25) is 0 Å². The van der Waals surface area contributed by atoms with Crippen LogP contribution in [-0.2, 0) is 0 Å². The maximum Gasteiger partial charge on any atom is 0.155 e. The number of nitrogens with two attached hydrogens (primary N) is 1. The molecule has 0 fully saturated rings. The van der Waals surface area contributed by atoms with E-state index in [-0.39, 0.29) is 0 Å². The molecular weight excluding hydrogens is 316 g/mol. The van der Waals surface area contributed by atoms with Gasteiger partial charge in [-0.3, -0.25) is 0 Å². The topological polar surface area (TPSA) is 56.7 Å². The highest BCUT2D eigenvalue weighted by molar-refractivity contribution is 9.10. The molecule has 2 N–H and O–H groups in total. The maximum absolute atomic E-state index is 6.17. The van der Waals surface area contributed by atoms with Crippen LogP contribution in [0.25, 0.3) is 16.9 Å². The lowest BCUT2D eigenvalue weighted by Crippen LogP contribution is -2.02. The number of aromatic nitrogens is 3. The standard InChI is InChI=1S/C15H13BrN4/c1-10-2-4-11(5-3-10)14-15(17)20(19-18-14)13-8-6-12(16)7-9-13/h2-9H,17H2,1H3. The summed E-state index contributed by atoms with van der Waals surface area (Å²) in [5.74, 6) is 0.538. The minimum atomic E-state index is 0.538. The van der Waals surface area contributed by atoms with Gasteiger partial charge < -0.3 is 5.73 Å². The number of aryl methyl sites for hydroxylation is 1. The summed E-state index contributed by atoms with van der Waals surface area (Å²) in [6, 6.07) is 15.8. The number of nitrogens with zero attached hydrogens (tertiary/aromatic N) is 3. The van der Waals surface area contributed by atoms with Gasteiger partial charge in [0.05, 0.1) is 5.69 Å². The van der Waals surface area contributed by atoms with Crippen LogP contribution in [0.3, 0.4) is 0 Å². The van der Waals surface area contributed by atoms with Gasteiger partial charge in [0.15, 0.2) is 5.82 Å². The first-order valence-corrected chi connectivity index (χ1v) is 6.98. The summed E-state index contributed by atoms with van der Waals surface area (Å²) < 4.78 is 2.65. The first-order chi connectivity index (χ1) is 9.65. The molecule has 20 heavy (non-hydrogen) atoms. The summed E-state index contributed by atoms with van der Waals surface area (Å²) in [4.78, 5) is 0. The van der Waals surface area contributed by atoms with Gasteiger partial charge in [-0.15, -0.1) is 5.10 Å². The lowest BCUT2D eigenvalue weighted by atomic mass is 10.1. The average Bonchev–Trinajstić information content (AvgIpc) is 2.83. The van der Waals surface area contributed by atoms with E-state index in [1.807, 2.05) is 55.5 Å². The monoisotopic (exact) mass is 328 g/mol. The zero-order chi connectivity index (χ0) is 14.1. The molecule has 3 aromatic rings. The molecule has 0 unspecified atom stereocenters. The van der Waals surface area contributed by atoms with Crippen molar-refractivity contribution in [3.05, 3.63) is 58.6 Å². The summed E-state index contributed by atoms with van der Waals surface area (Å²) in [5, 5.41) is 8.33. The predicted octanol–water partition coefficient (Wildman–Crippen LogP) is 3.59. The molecule has 0 radical (unpaired) electrons. The molecule has 0 saturated heterocycles. The van der Waals surface area contributed by atoms with E-state index in [2.05, 4.69) is 26.2 Å². The average molecular weight is 329 g/mol.